The smallest absolute Gasteiger partial charge is 0.333 e. The number of hydrogen-bond donors (Lipinski definition) is 3. The number of carbonyl (C=O) groups excluding carboxylic acids is 1. The molecule has 1 aromatic heterocycles. The second-order valence-corrected chi connectivity index (χ2v) is 3.44. The molecule has 0 atom stereocenters. The molecule has 5 N–H and O–H groups in total. The van der Waals surface area contributed by atoms with E-state index in [9.17, 15) is 4.79 Å². The van der Waals surface area contributed by atoms with E-state index >= 15 is 0 Å². The van der Waals surface area contributed by atoms with Gasteiger partial charge in [-0.15, -0.1) is 0 Å². The Balaban J connectivity index is 2.07. The predicted molar refractivity (Wildman–Crippen MR) is 64.6 cm³/mol. The molecule has 0 spiro atoms. The zero-order valence-corrected chi connectivity index (χ0v) is 9.01. The first-order valence-corrected chi connectivity index (χ1v) is 4.98. The standard InChI is InChI=1S/C11H12N4O2/c12-11(13)15-6-10(16)17-8-1-2-9-7(5-8)3-4-14-9/h1-5,14H,6H2,(H4,12,13,15). The molecule has 0 aliphatic carbocycles. The largest absolute Gasteiger partial charge is 0.425 e. The lowest BCUT2D eigenvalue weighted by molar-refractivity contribution is -0.132. The minimum Gasteiger partial charge on any atom is -0.425 e. The van der Waals surface area contributed by atoms with E-state index in [0.29, 0.717) is 5.75 Å². The Hall–Kier alpha value is -2.50. The Morgan fingerprint density at radius 3 is 2.94 bits per heavy atom. The van der Waals surface area contributed by atoms with Crippen LogP contribution in [0.1, 0.15) is 0 Å². The molecule has 0 saturated heterocycles. The van der Waals surface area contributed by atoms with Crippen molar-refractivity contribution < 1.29 is 9.53 Å². The van der Waals surface area contributed by atoms with Crippen LogP contribution in [0.2, 0.25) is 0 Å². The van der Waals surface area contributed by atoms with E-state index in [1.54, 1.807) is 12.1 Å². The van der Waals surface area contributed by atoms with Crippen LogP contribution in [0.3, 0.4) is 0 Å². The number of nitrogens with one attached hydrogen (secondary N) is 1. The van der Waals surface area contributed by atoms with Crippen LogP contribution in [0.4, 0.5) is 0 Å². The second kappa shape index (κ2) is 4.56. The van der Waals surface area contributed by atoms with Crippen LogP contribution in [0.15, 0.2) is 35.5 Å². The Labute approximate surface area is 97.3 Å². The first-order chi connectivity index (χ1) is 8.15. The van der Waals surface area contributed by atoms with Crippen molar-refractivity contribution in [3.05, 3.63) is 30.5 Å². The number of aliphatic imine (C=N–C) groups is 1. The molecule has 0 aliphatic rings. The molecule has 6 nitrogen and oxygen atoms in total. The predicted octanol–water partition coefficient (Wildman–Crippen LogP) is 0.347. The fraction of sp³-hybridized carbons (Fsp3) is 0.0909. The van der Waals surface area contributed by atoms with Gasteiger partial charge in [0.15, 0.2) is 5.96 Å². The van der Waals surface area contributed by atoms with Crippen LogP contribution in [-0.2, 0) is 4.79 Å². The highest BCUT2D eigenvalue weighted by Gasteiger charge is 2.04. The summed E-state index contributed by atoms with van der Waals surface area (Å²) >= 11 is 0. The molecule has 6 heteroatoms. The van der Waals surface area contributed by atoms with E-state index in [0.717, 1.165) is 10.9 Å². The molecule has 0 saturated carbocycles. The van der Waals surface area contributed by atoms with Gasteiger partial charge in [0.05, 0.1) is 0 Å². The van der Waals surface area contributed by atoms with Gasteiger partial charge in [0.1, 0.15) is 12.3 Å². The number of fused-ring (bicyclic) bond motifs is 1. The van der Waals surface area contributed by atoms with Gasteiger partial charge < -0.3 is 21.2 Å². The Bertz CT molecular complexity index is 570. The van der Waals surface area contributed by atoms with Crippen molar-refractivity contribution in [3.63, 3.8) is 0 Å². The van der Waals surface area contributed by atoms with Gasteiger partial charge in [-0.1, -0.05) is 0 Å². The zero-order chi connectivity index (χ0) is 12.3. The number of aromatic nitrogens is 1. The average Bonchev–Trinajstić information content (AvgIpc) is 2.73. The number of esters is 1. The molecular weight excluding hydrogens is 220 g/mol. The summed E-state index contributed by atoms with van der Waals surface area (Å²) in [6.45, 7) is -0.187. The van der Waals surface area contributed by atoms with Crippen LogP contribution in [0.25, 0.3) is 10.9 Å². The van der Waals surface area contributed by atoms with Crippen molar-refractivity contribution in [1.82, 2.24) is 4.98 Å². The summed E-state index contributed by atoms with van der Waals surface area (Å²) in [6.07, 6.45) is 1.82. The molecule has 2 aromatic rings. The summed E-state index contributed by atoms with van der Waals surface area (Å²) in [6, 6.07) is 7.19. The molecule has 0 fully saturated rings. The Morgan fingerprint density at radius 2 is 2.18 bits per heavy atom. The van der Waals surface area contributed by atoms with Gasteiger partial charge in [-0.25, -0.2) is 9.79 Å². The average molecular weight is 232 g/mol. The van der Waals surface area contributed by atoms with Gasteiger partial charge in [0.25, 0.3) is 0 Å². The summed E-state index contributed by atoms with van der Waals surface area (Å²) in [5.74, 6) is -0.177. The van der Waals surface area contributed by atoms with Gasteiger partial charge in [-0.05, 0) is 24.3 Å². The normalized spacial score (nSPS) is 10.1. The van der Waals surface area contributed by atoms with Crippen LogP contribution >= 0.6 is 0 Å². The SMILES string of the molecule is NC(N)=NCC(=O)Oc1ccc2[nH]ccc2c1. The number of ether oxygens (including phenoxy) is 1. The van der Waals surface area contributed by atoms with Crippen LogP contribution < -0.4 is 16.2 Å². The van der Waals surface area contributed by atoms with Crippen molar-refractivity contribution in [2.45, 2.75) is 0 Å². The number of rotatable bonds is 3. The molecule has 0 bridgehead atoms. The minimum absolute atomic E-state index is 0.136. The first kappa shape index (κ1) is 11.0. The molecule has 0 amide bonds. The number of nitrogens with zero attached hydrogens (tertiary/aromatic N) is 1. The second-order valence-electron chi connectivity index (χ2n) is 3.44. The quantitative estimate of drug-likeness (QED) is 0.307. The number of benzene rings is 1. The summed E-state index contributed by atoms with van der Waals surface area (Å²) < 4.78 is 5.07. The minimum atomic E-state index is -0.506. The highest BCUT2D eigenvalue weighted by molar-refractivity contribution is 5.83. The molecule has 0 unspecified atom stereocenters. The fourth-order valence-electron chi connectivity index (χ4n) is 1.41. The Morgan fingerprint density at radius 1 is 1.35 bits per heavy atom. The van der Waals surface area contributed by atoms with Crippen molar-refractivity contribution in [3.8, 4) is 5.75 Å². The van der Waals surface area contributed by atoms with Crippen molar-refractivity contribution in [2.75, 3.05) is 6.54 Å². The van der Waals surface area contributed by atoms with Crippen LogP contribution in [0, 0.1) is 0 Å². The number of carbonyl (C=O) groups is 1. The third-order valence-electron chi connectivity index (χ3n) is 2.15. The maximum absolute atomic E-state index is 11.3. The van der Waals surface area contributed by atoms with Crippen LogP contribution in [-0.4, -0.2) is 23.5 Å². The lowest BCUT2D eigenvalue weighted by Gasteiger charge is -2.02. The molecule has 2 rings (SSSR count). The van der Waals surface area contributed by atoms with E-state index in [-0.39, 0.29) is 12.5 Å². The monoisotopic (exact) mass is 232 g/mol. The summed E-state index contributed by atoms with van der Waals surface area (Å²) in [5, 5.41) is 0.970. The maximum atomic E-state index is 11.3. The van der Waals surface area contributed by atoms with E-state index < -0.39 is 5.97 Å². The number of guanidine groups is 1. The van der Waals surface area contributed by atoms with Gasteiger partial charge in [-0.2, -0.15) is 0 Å². The Kier molecular flexibility index (Phi) is 2.95. The molecule has 0 radical (unpaired) electrons. The number of aromatic amines is 1. The van der Waals surface area contributed by atoms with Crippen LogP contribution in [0.5, 0.6) is 5.75 Å². The molecule has 17 heavy (non-hydrogen) atoms. The molecule has 1 heterocycles. The van der Waals surface area contributed by atoms with Crippen molar-refractivity contribution >= 4 is 22.8 Å². The van der Waals surface area contributed by atoms with Gasteiger partial charge in [-0.3, -0.25) is 0 Å². The topological polar surface area (TPSA) is 106 Å². The van der Waals surface area contributed by atoms with E-state index in [1.807, 2.05) is 18.3 Å². The maximum Gasteiger partial charge on any atom is 0.333 e. The third-order valence-corrected chi connectivity index (χ3v) is 2.15. The summed E-state index contributed by atoms with van der Waals surface area (Å²) in [7, 11) is 0. The molecule has 0 aliphatic heterocycles. The van der Waals surface area contributed by atoms with Gasteiger partial charge >= 0.3 is 5.97 Å². The zero-order valence-electron chi connectivity index (χ0n) is 9.01. The summed E-state index contributed by atoms with van der Waals surface area (Å²) in [5.41, 5.74) is 11.2. The number of H-pyrrole nitrogens is 1. The van der Waals surface area contributed by atoms with E-state index in [1.165, 1.54) is 0 Å². The highest BCUT2D eigenvalue weighted by atomic mass is 16.5. The lowest BCUT2D eigenvalue weighted by atomic mass is 10.2. The molecule has 88 valence electrons. The molecule has 1 aromatic carbocycles. The summed E-state index contributed by atoms with van der Waals surface area (Å²) in [4.78, 5) is 18.0. The third kappa shape index (κ3) is 2.75. The fourth-order valence-corrected chi connectivity index (χ4v) is 1.41. The highest BCUT2D eigenvalue weighted by Crippen LogP contribution is 2.19. The van der Waals surface area contributed by atoms with E-state index in [4.69, 9.17) is 16.2 Å². The van der Waals surface area contributed by atoms with Gasteiger partial charge in [0.2, 0.25) is 0 Å². The van der Waals surface area contributed by atoms with Crippen molar-refractivity contribution in [2.24, 2.45) is 16.5 Å². The first-order valence-electron chi connectivity index (χ1n) is 4.98. The van der Waals surface area contributed by atoms with Gasteiger partial charge in [0, 0.05) is 17.1 Å². The van der Waals surface area contributed by atoms with E-state index in [2.05, 4.69) is 9.98 Å². The number of hydrogen-bond acceptors (Lipinski definition) is 3. The van der Waals surface area contributed by atoms with Crippen molar-refractivity contribution in [1.29, 1.82) is 0 Å². The molecular formula is C11H12N4O2. The lowest BCUT2D eigenvalue weighted by Crippen LogP contribution is -2.25. The number of nitrogens with two attached hydrogens (primary N) is 2.